The summed E-state index contributed by atoms with van der Waals surface area (Å²) in [6, 6.07) is 7.84. The second-order valence-electron chi connectivity index (χ2n) is 5.21. The minimum Gasteiger partial charge on any atom is -0.240 e. The van der Waals surface area contributed by atoms with Crippen molar-refractivity contribution in [2.24, 2.45) is 0 Å². The van der Waals surface area contributed by atoms with Crippen molar-refractivity contribution in [3.05, 3.63) is 29.3 Å². The number of aromatic nitrogens is 1. The summed E-state index contributed by atoms with van der Waals surface area (Å²) >= 11 is 1.53. The highest BCUT2D eigenvalue weighted by Gasteiger charge is 2.22. The van der Waals surface area contributed by atoms with Crippen molar-refractivity contribution in [3.8, 4) is 0 Å². The van der Waals surface area contributed by atoms with Crippen LogP contribution in [0, 0.1) is 0 Å². The first kappa shape index (κ1) is 14.9. The van der Waals surface area contributed by atoms with E-state index in [4.69, 9.17) is 0 Å². The van der Waals surface area contributed by atoms with E-state index in [1.165, 1.54) is 11.3 Å². The van der Waals surface area contributed by atoms with Gasteiger partial charge in [0.25, 0.3) is 10.2 Å². The molecule has 2 heterocycles. The van der Waals surface area contributed by atoms with Crippen molar-refractivity contribution in [3.63, 3.8) is 0 Å². The standard InChI is InChI=1S/C14H19N3O2S2/c18-21(19,17-9-5-1-2-6-10-17)15-11-14-16-12-7-3-4-8-13(12)20-14/h3-4,7-8,15H,1-2,5-6,9-11H2. The van der Waals surface area contributed by atoms with E-state index in [9.17, 15) is 8.42 Å². The number of hydrogen-bond donors (Lipinski definition) is 1. The summed E-state index contributed by atoms with van der Waals surface area (Å²) in [6.07, 6.45) is 4.12. The first-order valence-corrected chi connectivity index (χ1v) is 9.50. The Hall–Kier alpha value is -1.02. The predicted octanol–water partition coefficient (Wildman–Crippen LogP) is 2.51. The van der Waals surface area contributed by atoms with Crippen LogP contribution in [0.3, 0.4) is 0 Å². The Labute approximate surface area is 129 Å². The summed E-state index contributed by atoms with van der Waals surface area (Å²) in [4.78, 5) is 4.45. The molecular formula is C14H19N3O2S2. The molecule has 0 atom stereocenters. The molecule has 1 aliphatic rings. The monoisotopic (exact) mass is 325 g/mol. The minimum absolute atomic E-state index is 0.262. The molecule has 7 heteroatoms. The van der Waals surface area contributed by atoms with E-state index in [0.717, 1.165) is 40.9 Å². The third-order valence-corrected chi connectivity index (χ3v) is 6.24. The van der Waals surface area contributed by atoms with Crippen LogP contribution >= 0.6 is 11.3 Å². The normalized spacial score (nSPS) is 17.9. The summed E-state index contributed by atoms with van der Waals surface area (Å²) < 4.78 is 30.0. The van der Waals surface area contributed by atoms with Crippen LogP contribution in [0.5, 0.6) is 0 Å². The zero-order valence-corrected chi connectivity index (χ0v) is 13.4. The second-order valence-corrected chi connectivity index (χ2v) is 8.09. The Kier molecular flexibility index (Phi) is 4.54. The highest BCUT2D eigenvalue weighted by molar-refractivity contribution is 7.87. The number of nitrogens with one attached hydrogen (secondary N) is 1. The van der Waals surface area contributed by atoms with Crippen molar-refractivity contribution >= 4 is 31.8 Å². The molecule has 2 aromatic rings. The number of para-hydroxylation sites is 1. The van der Waals surface area contributed by atoms with Gasteiger partial charge in [0.05, 0.1) is 16.8 Å². The molecule has 1 saturated heterocycles. The lowest BCUT2D eigenvalue weighted by molar-refractivity contribution is 0.414. The number of rotatable bonds is 4. The van der Waals surface area contributed by atoms with Gasteiger partial charge < -0.3 is 0 Å². The number of fused-ring (bicyclic) bond motifs is 1. The average Bonchev–Trinajstić information content (AvgIpc) is 2.69. The Bertz CT molecular complexity index is 671. The number of hydrogen-bond acceptors (Lipinski definition) is 4. The van der Waals surface area contributed by atoms with Gasteiger partial charge in [-0.15, -0.1) is 11.3 Å². The number of thiazole rings is 1. The zero-order valence-electron chi connectivity index (χ0n) is 11.8. The van der Waals surface area contributed by atoms with E-state index in [1.54, 1.807) is 4.31 Å². The van der Waals surface area contributed by atoms with Crippen LogP contribution in [-0.2, 0) is 16.8 Å². The van der Waals surface area contributed by atoms with E-state index < -0.39 is 10.2 Å². The highest BCUT2D eigenvalue weighted by Crippen LogP contribution is 2.21. The van der Waals surface area contributed by atoms with E-state index >= 15 is 0 Å². The van der Waals surface area contributed by atoms with Crippen LogP contribution in [0.2, 0.25) is 0 Å². The molecule has 0 unspecified atom stereocenters. The topological polar surface area (TPSA) is 62.3 Å². The molecule has 0 bridgehead atoms. The predicted molar refractivity (Wildman–Crippen MR) is 85.4 cm³/mol. The van der Waals surface area contributed by atoms with Crippen LogP contribution in [0.25, 0.3) is 10.2 Å². The van der Waals surface area contributed by atoms with Gasteiger partial charge in [-0.2, -0.15) is 17.4 Å². The van der Waals surface area contributed by atoms with Gasteiger partial charge >= 0.3 is 0 Å². The third kappa shape index (κ3) is 3.60. The van der Waals surface area contributed by atoms with Gasteiger partial charge in [0, 0.05) is 13.1 Å². The molecule has 21 heavy (non-hydrogen) atoms. The van der Waals surface area contributed by atoms with Crippen molar-refractivity contribution in [2.45, 2.75) is 32.2 Å². The van der Waals surface area contributed by atoms with Crippen molar-refractivity contribution < 1.29 is 8.42 Å². The molecule has 1 N–H and O–H groups in total. The van der Waals surface area contributed by atoms with E-state index in [0.29, 0.717) is 13.1 Å². The molecule has 1 aliphatic heterocycles. The summed E-state index contributed by atoms with van der Waals surface area (Å²) in [5.41, 5.74) is 0.923. The lowest BCUT2D eigenvalue weighted by Gasteiger charge is -2.19. The molecule has 0 saturated carbocycles. The van der Waals surface area contributed by atoms with Crippen molar-refractivity contribution in [1.29, 1.82) is 0 Å². The van der Waals surface area contributed by atoms with E-state index in [-0.39, 0.29) is 6.54 Å². The SMILES string of the molecule is O=S(=O)(NCc1nc2ccccc2s1)N1CCCCCC1. The lowest BCUT2D eigenvalue weighted by Crippen LogP contribution is -2.40. The Morgan fingerprint density at radius 1 is 1.14 bits per heavy atom. The molecule has 0 aliphatic carbocycles. The summed E-state index contributed by atoms with van der Waals surface area (Å²) in [5.74, 6) is 0. The van der Waals surface area contributed by atoms with E-state index in [2.05, 4.69) is 9.71 Å². The molecular weight excluding hydrogens is 306 g/mol. The van der Waals surface area contributed by atoms with Gasteiger partial charge in [-0.25, -0.2) is 4.98 Å². The zero-order chi connectivity index (χ0) is 14.7. The van der Waals surface area contributed by atoms with Crippen LogP contribution in [0.4, 0.5) is 0 Å². The number of nitrogens with zero attached hydrogens (tertiary/aromatic N) is 2. The highest BCUT2D eigenvalue weighted by atomic mass is 32.2. The smallest absolute Gasteiger partial charge is 0.240 e. The van der Waals surface area contributed by atoms with Crippen LogP contribution in [0.1, 0.15) is 30.7 Å². The Balaban J connectivity index is 1.67. The summed E-state index contributed by atoms with van der Waals surface area (Å²) in [6.45, 7) is 1.50. The van der Waals surface area contributed by atoms with Gasteiger partial charge in [0.15, 0.2) is 0 Å². The number of benzene rings is 1. The molecule has 3 rings (SSSR count). The molecule has 0 amide bonds. The Morgan fingerprint density at radius 2 is 1.86 bits per heavy atom. The van der Waals surface area contributed by atoms with E-state index in [1.807, 2.05) is 24.3 Å². The molecule has 5 nitrogen and oxygen atoms in total. The third-order valence-electron chi connectivity index (χ3n) is 3.65. The first-order valence-electron chi connectivity index (χ1n) is 7.24. The Morgan fingerprint density at radius 3 is 2.57 bits per heavy atom. The largest absolute Gasteiger partial charge is 0.279 e. The average molecular weight is 325 g/mol. The molecule has 0 spiro atoms. The van der Waals surface area contributed by atoms with Gasteiger partial charge in [-0.1, -0.05) is 25.0 Å². The lowest BCUT2D eigenvalue weighted by atomic mass is 10.2. The minimum atomic E-state index is -3.39. The quantitative estimate of drug-likeness (QED) is 0.939. The molecule has 114 valence electrons. The molecule has 1 fully saturated rings. The van der Waals surface area contributed by atoms with Gasteiger partial charge in [0.1, 0.15) is 5.01 Å². The summed E-state index contributed by atoms with van der Waals surface area (Å²) in [7, 11) is -3.39. The second kappa shape index (κ2) is 6.39. The maximum atomic E-state index is 12.3. The van der Waals surface area contributed by atoms with Crippen LogP contribution in [0.15, 0.2) is 24.3 Å². The maximum absolute atomic E-state index is 12.3. The first-order chi connectivity index (χ1) is 10.1. The van der Waals surface area contributed by atoms with Gasteiger partial charge in [-0.05, 0) is 25.0 Å². The fraction of sp³-hybridized carbons (Fsp3) is 0.500. The van der Waals surface area contributed by atoms with Crippen molar-refractivity contribution in [2.75, 3.05) is 13.1 Å². The molecule has 0 radical (unpaired) electrons. The molecule has 1 aromatic carbocycles. The van der Waals surface area contributed by atoms with Crippen LogP contribution in [-0.4, -0.2) is 30.8 Å². The van der Waals surface area contributed by atoms with Gasteiger partial charge in [0.2, 0.25) is 0 Å². The fourth-order valence-electron chi connectivity index (χ4n) is 2.52. The van der Waals surface area contributed by atoms with Gasteiger partial charge in [-0.3, -0.25) is 0 Å². The summed E-state index contributed by atoms with van der Waals surface area (Å²) in [5, 5.41) is 0.801. The van der Waals surface area contributed by atoms with Crippen molar-refractivity contribution in [1.82, 2.24) is 14.0 Å². The fourth-order valence-corrected chi connectivity index (χ4v) is 4.76. The molecule has 1 aromatic heterocycles. The van der Waals surface area contributed by atoms with Crippen LogP contribution < -0.4 is 4.72 Å². The maximum Gasteiger partial charge on any atom is 0.279 e.